The van der Waals surface area contributed by atoms with Crippen molar-refractivity contribution in [2.75, 3.05) is 11.1 Å². The van der Waals surface area contributed by atoms with Gasteiger partial charge in [0.2, 0.25) is 5.91 Å². The molecule has 2 aromatic heterocycles. The van der Waals surface area contributed by atoms with E-state index in [-0.39, 0.29) is 18.3 Å². The molecule has 34 heavy (non-hydrogen) atoms. The predicted molar refractivity (Wildman–Crippen MR) is 141 cm³/mol. The molecule has 0 radical (unpaired) electrons. The van der Waals surface area contributed by atoms with Crippen LogP contribution < -0.4 is 10.1 Å². The zero-order chi connectivity index (χ0) is 24.2. The summed E-state index contributed by atoms with van der Waals surface area (Å²) in [5.41, 5.74) is 3.73. The van der Waals surface area contributed by atoms with Gasteiger partial charge < -0.3 is 14.6 Å². The van der Waals surface area contributed by atoms with E-state index in [0.717, 1.165) is 37.6 Å². The van der Waals surface area contributed by atoms with Crippen molar-refractivity contribution >= 4 is 61.7 Å². The van der Waals surface area contributed by atoms with E-state index in [9.17, 15) is 4.79 Å². The van der Waals surface area contributed by atoms with Gasteiger partial charge in [0.15, 0.2) is 16.1 Å². The maximum absolute atomic E-state index is 12.4. The molecule has 1 N–H and O–H groups in total. The Morgan fingerprint density at radius 2 is 1.91 bits per heavy atom. The van der Waals surface area contributed by atoms with Crippen LogP contribution in [0.25, 0.3) is 11.3 Å². The van der Waals surface area contributed by atoms with Crippen LogP contribution in [0.15, 0.2) is 51.4 Å². The molecule has 0 bridgehead atoms. The van der Waals surface area contributed by atoms with Gasteiger partial charge in [0.1, 0.15) is 12.4 Å². The molecule has 0 aliphatic carbocycles. The van der Waals surface area contributed by atoms with Crippen molar-refractivity contribution in [1.29, 1.82) is 0 Å². The summed E-state index contributed by atoms with van der Waals surface area (Å²) in [4.78, 5) is 16.9. The van der Waals surface area contributed by atoms with E-state index in [4.69, 9.17) is 16.3 Å². The molecule has 0 atom stereocenters. The summed E-state index contributed by atoms with van der Waals surface area (Å²) < 4.78 is 8.70. The van der Waals surface area contributed by atoms with Gasteiger partial charge in [-0.1, -0.05) is 51.4 Å². The van der Waals surface area contributed by atoms with Crippen molar-refractivity contribution in [2.24, 2.45) is 7.05 Å². The number of aryl methyl sites for hydroxylation is 2. The van der Waals surface area contributed by atoms with Crippen LogP contribution >= 0.6 is 50.6 Å². The molecule has 0 saturated carbocycles. The number of amides is 1. The molecular formula is C23H21BrClN5O2S2. The van der Waals surface area contributed by atoms with E-state index < -0.39 is 0 Å². The number of benzene rings is 2. The first-order chi connectivity index (χ1) is 16.3. The minimum absolute atomic E-state index is 0.158. The first kappa shape index (κ1) is 24.7. The molecule has 2 heterocycles. The number of halogens is 2. The Kier molecular flexibility index (Phi) is 7.92. The molecule has 0 saturated heterocycles. The lowest BCUT2D eigenvalue weighted by atomic mass is 10.1. The fourth-order valence-electron chi connectivity index (χ4n) is 3.10. The van der Waals surface area contributed by atoms with Crippen LogP contribution in [0, 0.1) is 13.8 Å². The summed E-state index contributed by atoms with van der Waals surface area (Å²) in [6, 6.07) is 11.7. The van der Waals surface area contributed by atoms with Crippen molar-refractivity contribution < 1.29 is 9.53 Å². The van der Waals surface area contributed by atoms with E-state index in [1.165, 1.54) is 23.1 Å². The molecular weight excluding hydrogens is 558 g/mol. The Morgan fingerprint density at radius 3 is 2.62 bits per heavy atom. The number of rotatable bonds is 8. The number of carbonyl (C=O) groups excluding carboxylic acids is 1. The van der Waals surface area contributed by atoms with E-state index in [2.05, 4.69) is 36.4 Å². The number of hydrogen-bond acceptors (Lipinski definition) is 7. The highest BCUT2D eigenvalue weighted by Gasteiger charge is 2.14. The topological polar surface area (TPSA) is 81.9 Å². The molecule has 0 fully saturated rings. The molecule has 0 spiro atoms. The molecule has 1 amide bonds. The minimum atomic E-state index is -0.158. The largest absolute Gasteiger partial charge is 0.486 e. The molecule has 11 heteroatoms. The number of carbonyl (C=O) groups is 1. The van der Waals surface area contributed by atoms with Crippen LogP contribution in [-0.4, -0.2) is 31.4 Å². The van der Waals surface area contributed by atoms with Crippen LogP contribution in [0.4, 0.5) is 5.13 Å². The second kappa shape index (κ2) is 10.9. The average Bonchev–Trinajstić information content (AvgIpc) is 3.41. The lowest BCUT2D eigenvalue weighted by molar-refractivity contribution is -0.113. The lowest BCUT2D eigenvalue weighted by Gasteiger charge is -2.10. The Morgan fingerprint density at radius 1 is 1.21 bits per heavy atom. The van der Waals surface area contributed by atoms with E-state index in [1.54, 1.807) is 0 Å². The van der Waals surface area contributed by atoms with E-state index >= 15 is 0 Å². The number of aromatic nitrogens is 4. The normalized spacial score (nSPS) is 11.0. The number of hydrogen-bond donors (Lipinski definition) is 1. The molecule has 0 unspecified atom stereocenters. The van der Waals surface area contributed by atoms with Crippen molar-refractivity contribution in [3.8, 4) is 17.0 Å². The molecule has 2 aromatic carbocycles. The Labute approximate surface area is 219 Å². The highest BCUT2D eigenvalue weighted by atomic mass is 79.9. The van der Waals surface area contributed by atoms with E-state index in [0.29, 0.717) is 16.1 Å². The van der Waals surface area contributed by atoms with Crippen molar-refractivity contribution in [3.05, 3.63) is 68.2 Å². The first-order valence-electron chi connectivity index (χ1n) is 10.2. The summed E-state index contributed by atoms with van der Waals surface area (Å²) in [5.74, 6) is 1.42. The van der Waals surface area contributed by atoms with Gasteiger partial charge in [0.05, 0.1) is 11.4 Å². The molecule has 176 valence electrons. The maximum atomic E-state index is 12.4. The monoisotopic (exact) mass is 577 g/mol. The van der Waals surface area contributed by atoms with Gasteiger partial charge >= 0.3 is 0 Å². The van der Waals surface area contributed by atoms with Gasteiger partial charge in [0.25, 0.3) is 0 Å². The second-order valence-electron chi connectivity index (χ2n) is 7.50. The van der Waals surface area contributed by atoms with Gasteiger partial charge in [0, 0.05) is 27.5 Å². The van der Waals surface area contributed by atoms with Crippen molar-refractivity contribution in [2.45, 2.75) is 25.6 Å². The van der Waals surface area contributed by atoms with Gasteiger partial charge in [-0.05, 0) is 49.2 Å². The number of ether oxygens (including phenoxy) is 1. The average molecular weight is 579 g/mol. The molecule has 7 nitrogen and oxygen atoms in total. The van der Waals surface area contributed by atoms with Crippen molar-refractivity contribution in [3.63, 3.8) is 0 Å². The van der Waals surface area contributed by atoms with E-state index in [1.807, 2.05) is 67.2 Å². The lowest BCUT2D eigenvalue weighted by Crippen LogP contribution is -2.14. The fourth-order valence-corrected chi connectivity index (χ4v) is 4.94. The third kappa shape index (κ3) is 5.99. The Balaban J connectivity index is 1.30. The predicted octanol–water partition coefficient (Wildman–Crippen LogP) is 6.28. The summed E-state index contributed by atoms with van der Waals surface area (Å²) in [6.45, 7) is 4.14. The van der Waals surface area contributed by atoms with Gasteiger partial charge in [-0.3, -0.25) is 4.79 Å². The zero-order valence-electron chi connectivity index (χ0n) is 18.6. The molecule has 4 aromatic rings. The maximum Gasteiger partial charge on any atom is 0.236 e. The standard InChI is InChI=1S/C23H21BrClN5O2S2/c1-13-8-17(9-14(2)21(13)25)32-10-19-28-29-23(30(19)3)34-12-20(31)27-22-26-18(11-33-22)15-4-6-16(24)7-5-15/h4-9,11H,10,12H2,1-3H3,(H,26,27,31). The van der Waals surface area contributed by atoms with Crippen LogP contribution in [0.1, 0.15) is 17.0 Å². The number of thiazole rings is 1. The quantitative estimate of drug-likeness (QED) is 0.248. The summed E-state index contributed by atoms with van der Waals surface area (Å²) in [6.07, 6.45) is 0. The number of nitrogens with one attached hydrogen (secondary N) is 1. The van der Waals surface area contributed by atoms with Gasteiger partial charge in [-0.15, -0.1) is 21.5 Å². The zero-order valence-corrected chi connectivity index (χ0v) is 22.6. The molecule has 0 aliphatic rings. The highest BCUT2D eigenvalue weighted by molar-refractivity contribution is 9.10. The highest BCUT2D eigenvalue weighted by Crippen LogP contribution is 2.28. The Bertz CT molecular complexity index is 1300. The first-order valence-corrected chi connectivity index (χ1v) is 13.3. The van der Waals surface area contributed by atoms with Crippen LogP contribution in [0.2, 0.25) is 5.02 Å². The number of thioether (sulfide) groups is 1. The smallest absolute Gasteiger partial charge is 0.236 e. The summed E-state index contributed by atoms with van der Waals surface area (Å²) in [7, 11) is 1.85. The third-order valence-corrected chi connectivity index (χ3v) is 7.83. The van der Waals surface area contributed by atoms with Crippen LogP contribution in [0.5, 0.6) is 5.75 Å². The molecule has 4 rings (SSSR count). The van der Waals surface area contributed by atoms with Crippen LogP contribution in [0.3, 0.4) is 0 Å². The van der Waals surface area contributed by atoms with Gasteiger partial charge in [-0.25, -0.2) is 4.98 Å². The second-order valence-corrected chi connectivity index (χ2v) is 10.6. The van der Waals surface area contributed by atoms with Gasteiger partial charge in [-0.2, -0.15) is 0 Å². The summed E-state index contributed by atoms with van der Waals surface area (Å²) in [5, 5.41) is 15.1. The van der Waals surface area contributed by atoms with Crippen LogP contribution in [-0.2, 0) is 18.4 Å². The number of nitrogens with zero attached hydrogens (tertiary/aromatic N) is 4. The van der Waals surface area contributed by atoms with Crippen molar-refractivity contribution in [1.82, 2.24) is 19.7 Å². The summed E-state index contributed by atoms with van der Waals surface area (Å²) >= 11 is 12.3. The third-order valence-electron chi connectivity index (χ3n) is 4.93. The molecule has 0 aliphatic heterocycles. The Hall–Kier alpha value is -2.40. The number of anilines is 1. The fraction of sp³-hybridized carbons (Fsp3) is 0.217. The minimum Gasteiger partial charge on any atom is -0.486 e. The SMILES string of the molecule is Cc1cc(OCc2nnc(SCC(=O)Nc3nc(-c4ccc(Br)cc4)cs3)n2C)cc(C)c1Cl.